The van der Waals surface area contributed by atoms with Crippen LogP contribution in [0.4, 0.5) is 0 Å². The fourth-order valence-corrected chi connectivity index (χ4v) is 3.32. The molecule has 1 unspecified atom stereocenters. The van der Waals surface area contributed by atoms with Crippen LogP contribution in [0.3, 0.4) is 0 Å². The summed E-state index contributed by atoms with van der Waals surface area (Å²) in [5.74, 6) is 0.963. The molecule has 0 saturated carbocycles. The van der Waals surface area contributed by atoms with E-state index in [1.54, 1.807) is 17.6 Å². The first-order valence-electron chi connectivity index (χ1n) is 5.59. The Kier molecular flexibility index (Phi) is 2.37. The van der Waals surface area contributed by atoms with Crippen LogP contribution in [0.25, 0.3) is 0 Å². The Bertz CT molecular complexity index is 472. The zero-order valence-corrected chi connectivity index (χ0v) is 9.80. The van der Waals surface area contributed by atoms with E-state index in [0.29, 0.717) is 6.42 Å². The Morgan fingerprint density at radius 2 is 2.38 bits per heavy atom. The van der Waals surface area contributed by atoms with Crippen molar-refractivity contribution in [1.29, 1.82) is 0 Å². The van der Waals surface area contributed by atoms with Crippen molar-refractivity contribution in [2.75, 3.05) is 0 Å². The van der Waals surface area contributed by atoms with Crippen molar-refractivity contribution in [2.45, 2.75) is 31.3 Å². The zero-order chi connectivity index (χ0) is 11.0. The largest absolute Gasteiger partial charge is 0.469 e. The fraction of sp³-hybridized carbons (Fsp3) is 0.385. The molecule has 1 N–H and O–H groups in total. The molecule has 0 radical (unpaired) electrons. The highest BCUT2D eigenvalue weighted by molar-refractivity contribution is 7.09. The highest BCUT2D eigenvalue weighted by atomic mass is 32.1. The van der Waals surface area contributed by atoms with Gasteiger partial charge in [0.25, 0.3) is 0 Å². The number of hydrogen-bond donors (Lipinski definition) is 1. The van der Waals surface area contributed by atoms with Crippen LogP contribution in [0.2, 0.25) is 0 Å². The molecule has 0 bridgehead atoms. The van der Waals surface area contributed by atoms with Crippen molar-refractivity contribution in [3.05, 3.63) is 46.0 Å². The van der Waals surface area contributed by atoms with Crippen molar-refractivity contribution < 1.29 is 9.52 Å². The lowest BCUT2D eigenvalue weighted by Crippen LogP contribution is -2.31. The van der Waals surface area contributed by atoms with E-state index >= 15 is 0 Å². The molecule has 0 saturated heterocycles. The lowest BCUT2D eigenvalue weighted by atomic mass is 9.80. The van der Waals surface area contributed by atoms with Gasteiger partial charge in [0.1, 0.15) is 5.76 Å². The van der Waals surface area contributed by atoms with Gasteiger partial charge in [-0.2, -0.15) is 0 Å². The van der Waals surface area contributed by atoms with Crippen LogP contribution < -0.4 is 0 Å². The SMILES string of the molecule is OC1(Cc2cccs2)CCCc2occc21. The molecule has 1 aliphatic carbocycles. The van der Waals surface area contributed by atoms with Crippen LogP contribution in [0, 0.1) is 0 Å². The van der Waals surface area contributed by atoms with Gasteiger partial charge in [0.2, 0.25) is 0 Å². The summed E-state index contributed by atoms with van der Waals surface area (Å²) >= 11 is 1.70. The zero-order valence-electron chi connectivity index (χ0n) is 8.98. The molecule has 1 atom stereocenters. The molecule has 2 aromatic rings. The predicted molar refractivity (Wildman–Crippen MR) is 63.6 cm³/mol. The van der Waals surface area contributed by atoms with Crippen LogP contribution in [0.1, 0.15) is 29.0 Å². The first kappa shape index (κ1) is 10.1. The average Bonchev–Trinajstić information content (AvgIpc) is 2.88. The van der Waals surface area contributed by atoms with E-state index in [1.807, 2.05) is 12.1 Å². The van der Waals surface area contributed by atoms with Crippen molar-refractivity contribution in [3.63, 3.8) is 0 Å². The Morgan fingerprint density at radius 3 is 3.19 bits per heavy atom. The minimum absolute atomic E-state index is 0.706. The highest BCUT2D eigenvalue weighted by Crippen LogP contribution is 2.39. The Labute approximate surface area is 98.5 Å². The van der Waals surface area contributed by atoms with E-state index in [0.717, 1.165) is 30.6 Å². The Balaban J connectivity index is 1.95. The van der Waals surface area contributed by atoms with E-state index < -0.39 is 5.60 Å². The van der Waals surface area contributed by atoms with Crippen molar-refractivity contribution >= 4 is 11.3 Å². The lowest BCUT2D eigenvalue weighted by Gasteiger charge is -2.31. The number of hydrogen-bond acceptors (Lipinski definition) is 3. The molecule has 16 heavy (non-hydrogen) atoms. The second-order valence-electron chi connectivity index (χ2n) is 4.40. The summed E-state index contributed by atoms with van der Waals surface area (Å²) in [7, 11) is 0. The summed E-state index contributed by atoms with van der Waals surface area (Å²) < 4.78 is 5.41. The molecule has 2 heterocycles. The summed E-state index contributed by atoms with van der Waals surface area (Å²) in [5, 5.41) is 12.8. The van der Waals surface area contributed by atoms with E-state index in [9.17, 15) is 5.11 Å². The molecule has 0 fully saturated rings. The fourth-order valence-electron chi connectivity index (χ4n) is 2.51. The molecule has 84 valence electrons. The second-order valence-corrected chi connectivity index (χ2v) is 5.43. The maximum atomic E-state index is 10.7. The van der Waals surface area contributed by atoms with Crippen LogP contribution >= 0.6 is 11.3 Å². The molecule has 2 aromatic heterocycles. The molecular weight excluding hydrogens is 220 g/mol. The quantitative estimate of drug-likeness (QED) is 0.866. The number of aryl methyl sites for hydroxylation is 1. The van der Waals surface area contributed by atoms with Gasteiger partial charge >= 0.3 is 0 Å². The molecule has 0 aliphatic heterocycles. The molecule has 2 nitrogen and oxygen atoms in total. The second kappa shape index (κ2) is 3.75. The summed E-state index contributed by atoms with van der Waals surface area (Å²) in [6.07, 6.45) is 5.18. The molecule has 1 aliphatic rings. The smallest absolute Gasteiger partial charge is 0.109 e. The van der Waals surface area contributed by atoms with Crippen LogP contribution in [-0.4, -0.2) is 5.11 Å². The maximum absolute atomic E-state index is 10.7. The van der Waals surface area contributed by atoms with Crippen LogP contribution in [0.15, 0.2) is 34.3 Å². The van der Waals surface area contributed by atoms with Gasteiger partial charge in [-0.05, 0) is 30.4 Å². The Morgan fingerprint density at radius 1 is 1.44 bits per heavy atom. The van der Waals surface area contributed by atoms with Crippen molar-refractivity contribution in [2.24, 2.45) is 0 Å². The number of fused-ring (bicyclic) bond motifs is 1. The van der Waals surface area contributed by atoms with Gasteiger partial charge in [0.05, 0.1) is 11.9 Å². The van der Waals surface area contributed by atoms with E-state index in [4.69, 9.17) is 4.42 Å². The van der Waals surface area contributed by atoms with Gasteiger partial charge in [-0.3, -0.25) is 0 Å². The monoisotopic (exact) mass is 234 g/mol. The third kappa shape index (κ3) is 1.60. The normalized spacial score (nSPS) is 24.3. The predicted octanol–water partition coefficient (Wildman–Crippen LogP) is 3.11. The highest BCUT2D eigenvalue weighted by Gasteiger charge is 2.36. The number of rotatable bonds is 2. The van der Waals surface area contributed by atoms with Gasteiger partial charge < -0.3 is 9.52 Å². The standard InChI is InChI=1S/C13H14O2S/c14-13(9-10-3-2-8-16-10)6-1-4-12-11(13)5-7-15-12/h2-3,5,7-8,14H,1,4,6,9H2. The van der Waals surface area contributed by atoms with Crippen LogP contribution in [0.5, 0.6) is 0 Å². The van der Waals surface area contributed by atoms with Crippen molar-refractivity contribution in [3.8, 4) is 0 Å². The molecular formula is C13H14O2S. The molecule has 0 aromatic carbocycles. The first-order valence-corrected chi connectivity index (χ1v) is 6.47. The third-order valence-corrected chi connectivity index (χ3v) is 4.16. The molecule has 3 heteroatoms. The first-order chi connectivity index (χ1) is 7.78. The van der Waals surface area contributed by atoms with E-state index in [2.05, 4.69) is 11.4 Å². The topological polar surface area (TPSA) is 33.4 Å². The molecule has 0 spiro atoms. The minimum atomic E-state index is -0.717. The summed E-state index contributed by atoms with van der Waals surface area (Å²) in [6.45, 7) is 0. The summed E-state index contributed by atoms with van der Waals surface area (Å²) in [6, 6.07) is 6.03. The minimum Gasteiger partial charge on any atom is -0.469 e. The molecule has 3 rings (SSSR count). The number of thiophene rings is 1. The van der Waals surface area contributed by atoms with Gasteiger partial charge in [-0.1, -0.05) is 6.07 Å². The summed E-state index contributed by atoms with van der Waals surface area (Å²) in [5.41, 5.74) is 0.276. The average molecular weight is 234 g/mol. The molecule has 0 amide bonds. The van der Waals surface area contributed by atoms with Crippen LogP contribution in [-0.2, 0) is 18.4 Å². The van der Waals surface area contributed by atoms with E-state index in [-0.39, 0.29) is 0 Å². The number of furan rings is 1. The third-order valence-electron chi connectivity index (χ3n) is 3.29. The lowest BCUT2D eigenvalue weighted by molar-refractivity contribution is 0.0176. The van der Waals surface area contributed by atoms with E-state index in [1.165, 1.54) is 4.88 Å². The van der Waals surface area contributed by atoms with Gasteiger partial charge in [0, 0.05) is 23.3 Å². The number of aliphatic hydroxyl groups is 1. The van der Waals surface area contributed by atoms with Gasteiger partial charge in [-0.15, -0.1) is 11.3 Å². The van der Waals surface area contributed by atoms with Crippen molar-refractivity contribution in [1.82, 2.24) is 0 Å². The summed E-state index contributed by atoms with van der Waals surface area (Å²) in [4.78, 5) is 1.23. The maximum Gasteiger partial charge on any atom is 0.109 e. The van der Waals surface area contributed by atoms with Gasteiger partial charge in [0.15, 0.2) is 0 Å². The Hall–Kier alpha value is -1.06. The van der Waals surface area contributed by atoms with Gasteiger partial charge in [-0.25, -0.2) is 0 Å².